The molecule has 1 aromatic rings. The first-order valence-corrected chi connectivity index (χ1v) is 6.71. The number of rotatable bonds is 7. The van der Waals surface area contributed by atoms with Gasteiger partial charge in [-0.1, -0.05) is 0 Å². The van der Waals surface area contributed by atoms with Crippen molar-refractivity contribution in [1.82, 2.24) is 9.80 Å². The van der Waals surface area contributed by atoms with E-state index in [-0.39, 0.29) is 11.6 Å². The Morgan fingerprint density at radius 2 is 1.95 bits per heavy atom. The van der Waals surface area contributed by atoms with Gasteiger partial charge in [0.1, 0.15) is 5.69 Å². The fourth-order valence-electron chi connectivity index (χ4n) is 1.84. The lowest BCUT2D eigenvalue weighted by Gasteiger charge is -2.13. The molecule has 1 aromatic carbocycles. The highest BCUT2D eigenvalue weighted by molar-refractivity contribution is 5.95. The number of hydrogen-bond acceptors (Lipinski definition) is 5. The molecular weight excluding hydrogens is 272 g/mol. The molecule has 0 aliphatic heterocycles. The molecule has 0 bridgehead atoms. The van der Waals surface area contributed by atoms with Gasteiger partial charge in [-0.05, 0) is 39.2 Å². The molecule has 0 radical (unpaired) electrons. The van der Waals surface area contributed by atoms with Gasteiger partial charge in [-0.15, -0.1) is 0 Å². The molecule has 0 aromatic heterocycles. The van der Waals surface area contributed by atoms with Gasteiger partial charge in [0.15, 0.2) is 0 Å². The molecule has 1 rings (SSSR count). The topological polar surface area (TPSA) is 78.7 Å². The summed E-state index contributed by atoms with van der Waals surface area (Å²) in [5.74, 6) is -0.253. The van der Waals surface area contributed by atoms with Crippen LogP contribution in [0.15, 0.2) is 18.2 Å². The van der Waals surface area contributed by atoms with Gasteiger partial charge in [0, 0.05) is 32.3 Å². The van der Waals surface area contributed by atoms with Gasteiger partial charge in [0.2, 0.25) is 0 Å². The van der Waals surface area contributed by atoms with E-state index in [2.05, 4.69) is 10.2 Å². The standard InChI is InChI=1S/C14H22N4O3/c1-16(2)9-5-8-15-12-7-6-11(14(19)17(3)4)10-13(12)18(20)21/h6-7,10,15H,5,8-9H2,1-4H3. The summed E-state index contributed by atoms with van der Waals surface area (Å²) in [5.41, 5.74) is 0.673. The predicted molar refractivity (Wildman–Crippen MR) is 82.8 cm³/mol. The molecule has 0 atom stereocenters. The van der Waals surface area contributed by atoms with Crippen LogP contribution in [0.4, 0.5) is 11.4 Å². The Bertz CT molecular complexity index is 515. The molecule has 7 nitrogen and oxygen atoms in total. The summed E-state index contributed by atoms with van der Waals surface area (Å²) in [5, 5.41) is 14.2. The molecule has 1 amide bonds. The molecule has 0 aliphatic rings. The van der Waals surface area contributed by atoms with Gasteiger partial charge in [0.05, 0.1) is 4.92 Å². The van der Waals surface area contributed by atoms with Crippen molar-refractivity contribution in [2.24, 2.45) is 0 Å². The number of nitro benzene ring substituents is 1. The molecule has 0 spiro atoms. The van der Waals surface area contributed by atoms with Crippen LogP contribution in [0.5, 0.6) is 0 Å². The maximum atomic E-state index is 11.8. The fraction of sp³-hybridized carbons (Fsp3) is 0.500. The van der Waals surface area contributed by atoms with Crippen LogP contribution in [-0.2, 0) is 0 Å². The monoisotopic (exact) mass is 294 g/mol. The van der Waals surface area contributed by atoms with E-state index in [1.54, 1.807) is 26.2 Å². The summed E-state index contributed by atoms with van der Waals surface area (Å²) in [4.78, 5) is 26.0. The second-order valence-corrected chi connectivity index (χ2v) is 5.27. The number of nitrogens with zero attached hydrogens (tertiary/aromatic N) is 3. The maximum absolute atomic E-state index is 11.8. The van der Waals surface area contributed by atoms with Crippen LogP contribution in [-0.4, -0.2) is 61.9 Å². The number of amides is 1. The molecule has 0 aliphatic carbocycles. The number of nitrogens with one attached hydrogen (secondary N) is 1. The van der Waals surface area contributed by atoms with Gasteiger partial charge in [-0.25, -0.2) is 0 Å². The summed E-state index contributed by atoms with van der Waals surface area (Å²) in [6.07, 6.45) is 0.878. The zero-order chi connectivity index (χ0) is 16.0. The van der Waals surface area contributed by atoms with Crippen LogP contribution in [0, 0.1) is 10.1 Å². The van der Waals surface area contributed by atoms with Gasteiger partial charge in [-0.2, -0.15) is 0 Å². The quantitative estimate of drug-likeness (QED) is 0.470. The van der Waals surface area contributed by atoms with E-state index in [1.165, 1.54) is 11.0 Å². The van der Waals surface area contributed by atoms with Gasteiger partial charge < -0.3 is 15.1 Å². The first-order chi connectivity index (χ1) is 9.82. The molecular formula is C14H22N4O3. The Kier molecular flexibility index (Phi) is 6.10. The largest absolute Gasteiger partial charge is 0.379 e. The Morgan fingerprint density at radius 3 is 2.48 bits per heavy atom. The van der Waals surface area contributed by atoms with E-state index in [0.717, 1.165) is 13.0 Å². The van der Waals surface area contributed by atoms with Crippen LogP contribution < -0.4 is 5.32 Å². The summed E-state index contributed by atoms with van der Waals surface area (Å²) < 4.78 is 0. The second kappa shape index (κ2) is 7.58. The molecule has 116 valence electrons. The van der Waals surface area contributed by atoms with Crippen molar-refractivity contribution >= 4 is 17.3 Å². The highest BCUT2D eigenvalue weighted by atomic mass is 16.6. The third kappa shape index (κ3) is 5.03. The van der Waals surface area contributed by atoms with Crippen molar-refractivity contribution in [3.8, 4) is 0 Å². The van der Waals surface area contributed by atoms with E-state index in [9.17, 15) is 14.9 Å². The molecule has 21 heavy (non-hydrogen) atoms. The fourth-order valence-corrected chi connectivity index (χ4v) is 1.84. The molecule has 0 saturated carbocycles. The first kappa shape index (κ1) is 16.9. The van der Waals surface area contributed by atoms with Crippen molar-refractivity contribution in [2.75, 3.05) is 46.6 Å². The second-order valence-electron chi connectivity index (χ2n) is 5.27. The van der Waals surface area contributed by atoms with Crippen LogP contribution in [0.2, 0.25) is 0 Å². The van der Waals surface area contributed by atoms with Crippen molar-refractivity contribution < 1.29 is 9.72 Å². The van der Waals surface area contributed by atoms with E-state index in [4.69, 9.17) is 0 Å². The van der Waals surface area contributed by atoms with Gasteiger partial charge in [-0.3, -0.25) is 14.9 Å². The third-order valence-corrected chi connectivity index (χ3v) is 2.95. The molecule has 0 saturated heterocycles. The number of hydrogen-bond donors (Lipinski definition) is 1. The minimum atomic E-state index is -0.472. The zero-order valence-electron chi connectivity index (χ0n) is 12.9. The van der Waals surface area contributed by atoms with Crippen LogP contribution in [0.25, 0.3) is 0 Å². The van der Waals surface area contributed by atoms with Crippen LogP contribution >= 0.6 is 0 Å². The summed E-state index contributed by atoms with van der Waals surface area (Å²) in [7, 11) is 7.18. The lowest BCUT2D eigenvalue weighted by atomic mass is 10.1. The normalized spacial score (nSPS) is 10.5. The lowest BCUT2D eigenvalue weighted by Crippen LogP contribution is -2.22. The molecule has 0 heterocycles. The summed E-state index contributed by atoms with van der Waals surface area (Å²) >= 11 is 0. The maximum Gasteiger partial charge on any atom is 0.293 e. The number of carbonyl (C=O) groups is 1. The highest BCUT2D eigenvalue weighted by Gasteiger charge is 2.18. The molecule has 1 N–H and O–H groups in total. The average Bonchev–Trinajstić information content (AvgIpc) is 2.42. The SMILES string of the molecule is CN(C)CCCNc1ccc(C(=O)N(C)C)cc1[N+](=O)[O-]. The Balaban J connectivity index is 2.85. The molecule has 7 heteroatoms. The minimum absolute atomic E-state index is 0.0763. The van der Waals surface area contributed by atoms with Crippen molar-refractivity contribution in [1.29, 1.82) is 0 Å². The highest BCUT2D eigenvalue weighted by Crippen LogP contribution is 2.26. The van der Waals surface area contributed by atoms with E-state index in [0.29, 0.717) is 17.8 Å². The Morgan fingerprint density at radius 1 is 1.29 bits per heavy atom. The Hall–Kier alpha value is -2.15. The zero-order valence-corrected chi connectivity index (χ0v) is 12.9. The molecule has 0 fully saturated rings. The number of nitro groups is 1. The van der Waals surface area contributed by atoms with Crippen molar-refractivity contribution in [3.05, 3.63) is 33.9 Å². The smallest absolute Gasteiger partial charge is 0.293 e. The first-order valence-electron chi connectivity index (χ1n) is 6.71. The average molecular weight is 294 g/mol. The predicted octanol–water partition coefficient (Wildman–Crippen LogP) is 1.66. The van der Waals surface area contributed by atoms with Crippen molar-refractivity contribution in [3.63, 3.8) is 0 Å². The summed E-state index contributed by atoms with van der Waals surface area (Å²) in [6.45, 7) is 1.54. The van der Waals surface area contributed by atoms with Crippen LogP contribution in [0.3, 0.4) is 0 Å². The molecule has 0 unspecified atom stereocenters. The lowest BCUT2D eigenvalue weighted by molar-refractivity contribution is -0.384. The van der Waals surface area contributed by atoms with E-state index >= 15 is 0 Å². The van der Waals surface area contributed by atoms with Crippen molar-refractivity contribution in [2.45, 2.75) is 6.42 Å². The van der Waals surface area contributed by atoms with Crippen LogP contribution in [0.1, 0.15) is 16.8 Å². The van der Waals surface area contributed by atoms with E-state index < -0.39 is 4.92 Å². The third-order valence-electron chi connectivity index (χ3n) is 2.95. The minimum Gasteiger partial charge on any atom is -0.379 e. The summed E-state index contributed by atoms with van der Waals surface area (Å²) in [6, 6.07) is 4.50. The van der Waals surface area contributed by atoms with Gasteiger partial charge >= 0.3 is 0 Å². The van der Waals surface area contributed by atoms with Gasteiger partial charge in [0.25, 0.3) is 11.6 Å². The number of anilines is 1. The number of carbonyl (C=O) groups excluding carboxylic acids is 1. The Labute approximate surface area is 124 Å². The number of benzene rings is 1. The van der Waals surface area contributed by atoms with E-state index in [1.807, 2.05) is 14.1 Å².